The number of rotatable bonds is 4. The number of aliphatic hydroxyl groups excluding tert-OH is 3. The summed E-state index contributed by atoms with van der Waals surface area (Å²) in [4.78, 5) is 40.1. The highest BCUT2D eigenvalue weighted by Gasteiger charge is 2.70. The zero-order valence-electron chi connectivity index (χ0n) is 26.9. The van der Waals surface area contributed by atoms with E-state index in [0.29, 0.717) is 5.56 Å². The first-order valence-electron chi connectivity index (χ1n) is 14.4. The van der Waals surface area contributed by atoms with Gasteiger partial charge in [0.2, 0.25) is 11.7 Å². The van der Waals surface area contributed by atoms with Gasteiger partial charge < -0.3 is 52.1 Å². The largest absolute Gasteiger partial charge is 0.508 e. The van der Waals surface area contributed by atoms with Gasteiger partial charge >= 0.3 is 0 Å². The molecule has 0 spiro atoms. The number of carbonyl (C=O) groups excluding carboxylic acids is 3. The van der Waals surface area contributed by atoms with E-state index in [2.05, 4.69) is 11.0 Å². The number of fused-ring (bicyclic) bond motifs is 4. The molecule has 270 valence electrons. The van der Waals surface area contributed by atoms with Crippen LogP contribution in [0.1, 0.15) is 23.6 Å². The lowest BCUT2D eigenvalue weighted by molar-refractivity contribution is -0.181. The molecule has 0 aromatic heterocycles. The first-order chi connectivity index (χ1) is 22.3. The van der Waals surface area contributed by atoms with E-state index in [1.54, 1.807) is 18.2 Å². The lowest BCUT2D eigenvalue weighted by atomic mass is 9.53. The van der Waals surface area contributed by atoms with Gasteiger partial charge in [0, 0.05) is 0 Å². The van der Waals surface area contributed by atoms with Crippen LogP contribution < -0.4 is 5.73 Å². The summed E-state index contributed by atoms with van der Waals surface area (Å²) in [5.41, 5.74) is -1.26. The molecule has 1 fully saturated rings. The number of phenolic OH excluding ortho intramolecular Hbond substituents is 1. The number of hydrogen-bond acceptors (Lipinski definition) is 13. The van der Waals surface area contributed by atoms with Crippen LogP contribution in [0, 0.1) is 11.8 Å². The maximum atomic E-state index is 13.7. The molecule has 0 radical (unpaired) electrons. The van der Waals surface area contributed by atoms with E-state index in [9.17, 15) is 53.4 Å². The van der Waals surface area contributed by atoms with Crippen molar-refractivity contribution in [2.24, 2.45) is 22.0 Å². The molecule has 50 heavy (non-hydrogen) atoms. The fourth-order valence-electron chi connectivity index (χ4n) is 6.91. The van der Waals surface area contributed by atoms with Gasteiger partial charge in [0.05, 0.1) is 46.3 Å². The number of nitrogens with zero attached hydrogens (tertiary/aromatic N) is 2. The van der Waals surface area contributed by atoms with E-state index < -0.39 is 91.1 Å². The summed E-state index contributed by atoms with van der Waals surface area (Å²) in [5, 5.41) is 66.3. The lowest BCUT2D eigenvalue weighted by Gasteiger charge is -2.55. The summed E-state index contributed by atoms with van der Waals surface area (Å²) in [6.07, 6.45) is -0.334. The second kappa shape index (κ2) is 13.4. The quantitative estimate of drug-likeness (QED) is 0.137. The van der Waals surface area contributed by atoms with E-state index in [0.717, 1.165) is 0 Å². The second-order valence-electron chi connectivity index (χ2n) is 12.0. The Kier molecular flexibility index (Phi) is 10.6. The number of aliphatic hydroxyl groups is 5. The number of hydrogen-bond donors (Lipinski definition) is 7. The van der Waals surface area contributed by atoms with E-state index in [4.69, 9.17) is 10.5 Å². The van der Waals surface area contributed by atoms with Crippen molar-refractivity contribution >= 4 is 39.2 Å². The molecule has 3 aliphatic carbocycles. The molecule has 1 heterocycles. The van der Waals surface area contributed by atoms with E-state index in [1.165, 1.54) is 56.3 Å². The van der Waals surface area contributed by atoms with Crippen LogP contribution in [-0.4, -0.2) is 117 Å². The van der Waals surface area contributed by atoms with E-state index in [-0.39, 0.29) is 39.5 Å². The van der Waals surface area contributed by atoms with Gasteiger partial charge in [-0.2, -0.15) is 8.42 Å². The predicted octanol–water partition coefficient (Wildman–Crippen LogP) is -1.71. The van der Waals surface area contributed by atoms with Gasteiger partial charge in [-0.15, -0.1) is 4.40 Å². The molecule has 17 nitrogen and oxygen atoms in total. The summed E-state index contributed by atoms with van der Waals surface area (Å²) in [5.74, 6) is -9.53. The monoisotopic (exact) mass is 719 g/mol. The third kappa shape index (κ3) is 5.56. The first-order valence-corrected chi connectivity index (χ1v) is 15.8. The Bertz CT molecular complexity index is 1980. The maximum absolute atomic E-state index is 13.7. The van der Waals surface area contributed by atoms with Gasteiger partial charge in [-0.1, -0.05) is 36.9 Å². The van der Waals surface area contributed by atoms with Gasteiger partial charge in [-0.3, -0.25) is 19.3 Å². The Balaban J connectivity index is 0.000000335. The van der Waals surface area contributed by atoms with Crippen molar-refractivity contribution in [1.82, 2.24) is 4.90 Å². The number of ketones is 2. The first kappa shape index (κ1) is 39.5. The SMILES string of the molecule is C=CCOC1=NS(=O)(=O)c2ccccc21.CN(C)[C@@H]1C(=O)C(C(N)=O)=C(O)[C@@]2(O)C(=O)C3=C(O)c4c(O)cccc4[C@@](C)(O)[C@H]3[C@H](O)[C@@H]12.O.O. The third-order valence-corrected chi connectivity index (χ3v) is 10.3. The number of phenols is 1. The van der Waals surface area contributed by atoms with Crippen LogP contribution in [0.4, 0.5) is 0 Å². The molecule has 1 amide bonds. The number of amides is 1. The summed E-state index contributed by atoms with van der Waals surface area (Å²) in [6, 6.07) is 9.08. The summed E-state index contributed by atoms with van der Waals surface area (Å²) in [7, 11) is -0.758. The molecule has 18 heteroatoms. The average Bonchev–Trinajstić information content (AvgIpc) is 3.27. The maximum Gasteiger partial charge on any atom is 0.286 e. The van der Waals surface area contributed by atoms with Crippen LogP contribution in [0.25, 0.3) is 5.76 Å². The van der Waals surface area contributed by atoms with Crippen LogP contribution in [0.5, 0.6) is 5.75 Å². The number of carbonyl (C=O) groups is 3. The van der Waals surface area contributed by atoms with Crippen molar-refractivity contribution in [2.75, 3.05) is 20.7 Å². The summed E-state index contributed by atoms with van der Waals surface area (Å²) < 4.78 is 31.8. The van der Waals surface area contributed by atoms with E-state index in [1.807, 2.05) is 0 Å². The normalized spacial score (nSPS) is 28.7. The Morgan fingerprint density at radius 3 is 2.28 bits per heavy atom. The molecule has 12 N–H and O–H groups in total. The summed E-state index contributed by atoms with van der Waals surface area (Å²) >= 11 is 0. The molecular weight excluding hydrogens is 682 g/mol. The smallest absolute Gasteiger partial charge is 0.286 e. The van der Waals surface area contributed by atoms with Gasteiger partial charge in [0.1, 0.15) is 34.3 Å². The number of likely N-dealkylation sites (N-methyl/N-ethyl adjacent to an activating group) is 1. The minimum absolute atomic E-state index is 0. The van der Waals surface area contributed by atoms with Crippen molar-refractivity contribution in [3.05, 3.63) is 88.7 Å². The van der Waals surface area contributed by atoms with Gasteiger partial charge in [-0.25, -0.2) is 0 Å². The number of sulfonamides is 1. The fourth-order valence-corrected chi connectivity index (χ4v) is 8.07. The molecular formula is C32H37N3O14S. The third-order valence-electron chi connectivity index (χ3n) is 8.97. The Morgan fingerprint density at radius 2 is 1.70 bits per heavy atom. The fraction of sp³-hybridized carbons (Fsp3) is 0.312. The topological polar surface area (TPSA) is 321 Å². The molecule has 1 aliphatic heterocycles. The highest BCUT2D eigenvalue weighted by molar-refractivity contribution is 7.90. The van der Waals surface area contributed by atoms with Crippen LogP contribution in [0.2, 0.25) is 0 Å². The highest BCUT2D eigenvalue weighted by Crippen LogP contribution is 2.57. The van der Waals surface area contributed by atoms with Crippen molar-refractivity contribution in [1.29, 1.82) is 0 Å². The molecule has 2 aromatic carbocycles. The van der Waals surface area contributed by atoms with Crippen molar-refractivity contribution in [2.45, 2.75) is 35.2 Å². The van der Waals surface area contributed by atoms with Crippen LogP contribution >= 0.6 is 0 Å². The molecule has 2 aromatic rings. The van der Waals surface area contributed by atoms with Crippen LogP contribution in [0.15, 0.2) is 81.3 Å². The summed E-state index contributed by atoms with van der Waals surface area (Å²) in [6.45, 7) is 4.98. The van der Waals surface area contributed by atoms with E-state index >= 15 is 0 Å². The number of aromatic hydroxyl groups is 1. The Hall–Kier alpha value is -4.95. The second-order valence-corrected chi connectivity index (χ2v) is 13.6. The standard InChI is InChI=1S/C22H24N2O9.C10H9NO3S.2H2O/c1-21(32)7-5-4-6-8(25)9(7)15(26)10-12(21)17(28)13-14(24(2)3)16(27)11(20(23)31)19(30)22(13,33)18(10)29;1-2-7-14-10-8-5-3-4-6-9(8)15(12,13)11-10;;/h4-6,12-14,17,25-26,28,30,32-33H,1-3H3,(H2,23,31);2-6H,1,7H2;2*1H2/t12-,13-,14+,17+,21-,22+;;;/m1.../s1. The van der Waals surface area contributed by atoms with Gasteiger partial charge in [0.15, 0.2) is 11.4 Å². The Labute approximate surface area is 285 Å². The number of benzene rings is 2. The minimum Gasteiger partial charge on any atom is -0.508 e. The predicted molar refractivity (Wildman–Crippen MR) is 175 cm³/mol. The van der Waals surface area contributed by atoms with Crippen molar-refractivity contribution in [3.8, 4) is 5.75 Å². The van der Waals surface area contributed by atoms with Crippen LogP contribution in [0.3, 0.4) is 0 Å². The van der Waals surface area contributed by atoms with Crippen LogP contribution in [-0.2, 0) is 34.7 Å². The Morgan fingerprint density at radius 1 is 1.08 bits per heavy atom. The highest BCUT2D eigenvalue weighted by atomic mass is 32.2. The van der Waals surface area contributed by atoms with Crippen molar-refractivity contribution < 1.29 is 69.1 Å². The molecule has 4 aliphatic rings. The number of Topliss-reactive ketones (excluding diaryl/α,β-unsaturated/α-hetero) is 2. The zero-order valence-corrected chi connectivity index (χ0v) is 27.7. The average molecular weight is 720 g/mol. The number of nitrogens with two attached hydrogens (primary N) is 1. The number of ether oxygens (including phenoxy) is 1. The molecule has 0 saturated heterocycles. The van der Waals surface area contributed by atoms with Gasteiger partial charge in [-0.05, 0) is 44.8 Å². The van der Waals surface area contributed by atoms with Crippen molar-refractivity contribution in [3.63, 3.8) is 0 Å². The van der Waals surface area contributed by atoms with Gasteiger partial charge in [0.25, 0.3) is 15.9 Å². The minimum atomic E-state index is -3.56. The molecule has 6 rings (SSSR count). The molecule has 1 saturated carbocycles. The molecule has 6 atom stereocenters. The molecule has 0 bridgehead atoms. The lowest BCUT2D eigenvalue weighted by Crippen LogP contribution is -2.71. The molecule has 0 unspecified atom stereocenters. The number of primary amides is 1. The zero-order chi connectivity index (χ0) is 35.7.